The monoisotopic (exact) mass is 592 g/mol. The minimum atomic E-state index is -3.98. The zero-order valence-electron chi connectivity index (χ0n) is 23.9. The van der Waals surface area contributed by atoms with Gasteiger partial charge < -0.3 is 20.3 Å². The molecule has 0 atom stereocenters. The van der Waals surface area contributed by atoms with Gasteiger partial charge in [-0.3, -0.25) is 19.1 Å². The Bertz CT molecular complexity index is 1510. The van der Waals surface area contributed by atoms with Crippen LogP contribution in [-0.2, 0) is 19.6 Å². The van der Waals surface area contributed by atoms with Crippen LogP contribution in [0.15, 0.2) is 83.8 Å². The molecule has 3 aromatic rings. The molecule has 11 heteroatoms. The van der Waals surface area contributed by atoms with Crippen molar-refractivity contribution in [2.75, 3.05) is 24.4 Å². The normalized spacial score (nSPS) is 14.1. The number of carbonyl (C=O) groups excluding carboxylic acids is 3. The number of sulfonamides is 1. The van der Waals surface area contributed by atoms with Gasteiger partial charge in [0.05, 0.1) is 17.1 Å². The largest absolute Gasteiger partial charge is 0.455 e. The van der Waals surface area contributed by atoms with E-state index in [1.807, 2.05) is 39.0 Å². The van der Waals surface area contributed by atoms with Crippen LogP contribution in [-0.4, -0.2) is 56.2 Å². The van der Waals surface area contributed by atoms with E-state index in [1.165, 1.54) is 24.3 Å². The number of ether oxygens (including phenoxy) is 1. The van der Waals surface area contributed by atoms with E-state index in [0.717, 1.165) is 0 Å². The molecule has 0 spiro atoms. The second kappa shape index (κ2) is 13.1. The number of carbonyl (C=O) groups is 3. The van der Waals surface area contributed by atoms with Crippen molar-refractivity contribution in [1.29, 1.82) is 0 Å². The van der Waals surface area contributed by atoms with E-state index < -0.39 is 15.9 Å². The van der Waals surface area contributed by atoms with Crippen LogP contribution in [0.5, 0.6) is 11.5 Å². The number of likely N-dealkylation sites (tertiary alicyclic amines) is 1. The SMILES string of the molecule is CC(C)(C)NC(=O)C1CCN(C(=O)CNC(=O)c2ccc(S(=O)(=O)Nc3ccccc3Oc3ccccc3)cc2)CC1. The number of para-hydroxylation sites is 3. The number of benzene rings is 3. The first kappa shape index (κ1) is 30.6. The standard InChI is InChI=1S/C31H36N4O6S/c1-31(2,3)33-30(38)23-17-19-35(20-18-23)28(36)21-32-29(37)22-13-15-25(16-14-22)42(39,40)34-26-11-7-8-12-27(26)41-24-9-5-4-6-10-24/h4-16,23,34H,17-21H2,1-3H3,(H,32,37)(H,33,38). The van der Waals surface area contributed by atoms with Crippen LogP contribution in [0.1, 0.15) is 44.0 Å². The minimum Gasteiger partial charge on any atom is -0.455 e. The molecule has 0 aromatic heterocycles. The molecule has 0 radical (unpaired) electrons. The highest BCUT2D eigenvalue weighted by Crippen LogP contribution is 2.31. The van der Waals surface area contributed by atoms with Crippen molar-refractivity contribution in [3.8, 4) is 11.5 Å². The summed E-state index contributed by atoms with van der Waals surface area (Å²) in [5.74, 6) is 0.0146. The van der Waals surface area contributed by atoms with Crippen molar-refractivity contribution in [2.45, 2.75) is 44.0 Å². The summed E-state index contributed by atoms with van der Waals surface area (Å²) in [6.45, 7) is 6.47. The van der Waals surface area contributed by atoms with Crippen LogP contribution in [0.2, 0.25) is 0 Å². The quantitative estimate of drug-likeness (QED) is 0.342. The van der Waals surface area contributed by atoms with Gasteiger partial charge in [-0.25, -0.2) is 8.42 Å². The fourth-order valence-corrected chi connectivity index (χ4v) is 5.55. The lowest BCUT2D eigenvalue weighted by Gasteiger charge is -2.33. The first-order chi connectivity index (χ1) is 19.9. The van der Waals surface area contributed by atoms with Gasteiger partial charge in [0.1, 0.15) is 5.75 Å². The molecule has 4 rings (SSSR count). The van der Waals surface area contributed by atoms with E-state index in [1.54, 1.807) is 41.3 Å². The summed E-state index contributed by atoms with van der Waals surface area (Å²) in [5, 5.41) is 5.58. The number of hydrogen-bond acceptors (Lipinski definition) is 6. The highest BCUT2D eigenvalue weighted by atomic mass is 32.2. The molecule has 0 aliphatic carbocycles. The van der Waals surface area contributed by atoms with Gasteiger partial charge in [0, 0.05) is 30.1 Å². The number of hydrogen-bond donors (Lipinski definition) is 3. The van der Waals surface area contributed by atoms with Gasteiger partial charge in [0.2, 0.25) is 11.8 Å². The van der Waals surface area contributed by atoms with Crippen LogP contribution >= 0.6 is 0 Å². The van der Waals surface area contributed by atoms with E-state index in [4.69, 9.17) is 4.74 Å². The predicted octanol–water partition coefficient (Wildman–Crippen LogP) is 4.16. The molecule has 42 heavy (non-hydrogen) atoms. The van der Waals surface area contributed by atoms with Crippen LogP contribution in [0.25, 0.3) is 0 Å². The molecule has 3 aromatic carbocycles. The number of piperidine rings is 1. The van der Waals surface area contributed by atoms with E-state index >= 15 is 0 Å². The van der Waals surface area contributed by atoms with Crippen molar-refractivity contribution in [3.05, 3.63) is 84.4 Å². The van der Waals surface area contributed by atoms with Crippen LogP contribution in [0.3, 0.4) is 0 Å². The Labute approximate surface area is 246 Å². The number of amides is 3. The zero-order valence-corrected chi connectivity index (χ0v) is 24.7. The minimum absolute atomic E-state index is 0.00621. The van der Waals surface area contributed by atoms with Crippen molar-refractivity contribution >= 4 is 33.4 Å². The van der Waals surface area contributed by atoms with Gasteiger partial charge >= 0.3 is 0 Å². The Hall–Kier alpha value is -4.38. The molecule has 3 amide bonds. The lowest BCUT2D eigenvalue weighted by Crippen LogP contribution is -2.49. The molecule has 0 bridgehead atoms. The van der Waals surface area contributed by atoms with Gasteiger partial charge in [-0.15, -0.1) is 0 Å². The van der Waals surface area contributed by atoms with Crippen LogP contribution in [0, 0.1) is 5.92 Å². The van der Waals surface area contributed by atoms with E-state index in [2.05, 4.69) is 15.4 Å². The summed E-state index contributed by atoms with van der Waals surface area (Å²) >= 11 is 0. The Kier molecular flexibility index (Phi) is 9.52. The van der Waals surface area contributed by atoms with Crippen LogP contribution in [0.4, 0.5) is 5.69 Å². The van der Waals surface area contributed by atoms with Crippen molar-refractivity contribution < 1.29 is 27.5 Å². The summed E-state index contributed by atoms with van der Waals surface area (Å²) in [5.41, 5.74) is 0.170. The van der Waals surface area contributed by atoms with E-state index in [9.17, 15) is 22.8 Å². The van der Waals surface area contributed by atoms with Gasteiger partial charge in [-0.05, 0) is 82.1 Å². The van der Waals surface area contributed by atoms with Gasteiger partial charge in [0.25, 0.3) is 15.9 Å². The molecule has 3 N–H and O–H groups in total. The highest BCUT2D eigenvalue weighted by molar-refractivity contribution is 7.92. The third kappa shape index (κ3) is 8.32. The summed E-state index contributed by atoms with van der Waals surface area (Å²) < 4.78 is 34.5. The Morgan fingerprint density at radius 2 is 1.50 bits per heavy atom. The van der Waals surface area contributed by atoms with Gasteiger partial charge in [0.15, 0.2) is 5.75 Å². The number of anilines is 1. The number of nitrogens with one attached hydrogen (secondary N) is 3. The van der Waals surface area contributed by atoms with Crippen molar-refractivity contribution in [2.24, 2.45) is 5.92 Å². The Morgan fingerprint density at radius 3 is 2.14 bits per heavy atom. The molecule has 1 heterocycles. The second-order valence-electron chi connectivity index (χ2n) is 11.1. The average Bonchev–Trinajstić information content (AvgIpc) is 2.96. The summed E-state index contributed by atoms with van der Waals surface area (Å²) in [4.78, 5) is 39.3. The fraction of sp³-hybridized carbons (Fsp3) is 0.323. The molecule has 1 aliphatic heterocycles. The molecular weight excluding hydrogens is 556 g/mol. The van der Waals surface area contributed by atoms with Gasteiger partial charge in [-0.2, -0.15) is 0 Å². The maximum Gasteiger partial charge on any atom is 0.262 e. The Balaban J connectivity index is 1.30. The predicted molar refractivity (Wildman–Crippen MR) is 160 cm³/mol. The first-order valence-corrected chi connectivity index (χ1v) is 15.2. The maximum absolute atomic E-state index is 13.1. The topological polar surface area (TPSA) is 134 Å². The lowest BCUT2D eigenvalue weighted by atomic mass is 9.94. The average molecular weight is 593 g/mol. The second-order valence-corrected chi connectivity index (χ2v) is 12.8. The van der Waals surface area contributed by atoms with Gasteiger partial charge in [-0.1, -0.05) is 30.3 Å². The molecule has 1 aliphatic rings. The van der Waals surface area contributed by atoms with Crippen molar-refractivity contribution in [1.82, 2.24) is 15.5 Å². The lowest BCUT2D eigenvalue weighted by molar-refractivity contribution is -0.135. The maximum atomic E-state index is 13.1. The zero-order chi connectivity index (χ0) is 30.3. The molecular formula is C31H36N4O6S. The molecule has 222 valence electrons. The molecule has 0 unspecified atom stereocenters. The van der Waals surface area contributed by atoms with Crippen molar-refractivity contribution in [3.63, 3.8) is 0 Å². The summed E-state index contributed by atoms with van der Waals surface area (Å²) in [7, 11) is -3.98. The highest BCUT2D eigenvalue weighted by Gasteiger charge is 2.29. The molecule has 1 fully saturated rings. The van der Waals surface area contributed by atoms with Crippen LogP contribution < -0.4 is 20.1 Å². The van der Waals surface area contributed by atoms with E-state index in [-0.39, 0.29) is 46.0 Å². The fourth-order valence-electron chi connectivity index (χ4n) is 4.48. The molecule has 0 saturated carbocycles. The smallest absolute Gasteiger partial charge is 0.262 e. The number of nitrogens with zero attached hydrogens (tertiary/aromatic N) is 1. The third-order valence-electron chi connectivity index (χ3n) is 6.65. The number of rotatable bonds is 9. The summed E-state index contributed by atoms with van der Waals surface area (Å²) in [6, 6.07) is 21.1. The Morgan fingerprint density at radius 1 is 0.881 bits per heavy atom. The first-order valence-electron chi connectivity index (χ1n) is 13.7. The van der Waals surface area contributed by atoms with E-state index in [0.29, 0.717) is 37.4 Å². The summed E-state index contributed by atoms with van der Waals surface area (Å²) in [6.07, 6.45) is 1.13. The third-order valence-corrected chi connectivity index (χ3v) is 8.03. The molecule has 1 saturated heterocycles. The molecule has 10 nitrogen and oxygen atoms in total.